The summed E-state index contributed by atoms with van der Waals surface area (Å²) in [6.07, 6.45) is -0.990. The quantitative estimate of drug-likeness (QED) is 0.131. The SMILES string of the molecule is Cc1ccc(C(=O)C(C)OC(=O)c2cc(-c3ccc(N4C(=O)c5ccccc5C4=O)cc3)nc3c(C)cccc23)cc1. The van der Waals surface area contributed by atoms with Gasteiger partial charge in [0, 0.05) is 16.5 Å². The first-order valence-electron chi connectivity index (χ1n) is 13.5. The maximum absolute atomic E-state index is 13.5. The summed E-state index contributed by atoms with van der Waals surface area (Å²) in [4.78, 5) is 58.3. The molecule has 2 amide bonds. The van der Waals surface area contributed by atoms with Gasteiger partial charge in [0.1, 0.15) is 0 Å². The normalized spacial score (nSPS) is 13.3. The van der Waals surface area contributed by atoms with E-state index in [1.165, 1.54) is 0 Å². The molecule has 4 aromatic carbocycles. The lowest BCUT2D eigenvalue weighted by atomic mass is 10.0. The van der Waals surface area contributed by atoms with Crippen LogP contribution in [-0.4, -0.2) is 34.7 Å². The van der Waals surface area contributed by atoms with Gasteiger partial charge in [0.2, 0.25) is 5.78 Å². The lowest BCUT2D eigenvalue weighted by Gasteiger charge is -2.16. The molecule has 42 heavy (non-hydrogen) atoms. The molecule has 1 aliphatic rings. The van der Waals surface area contributed by atoms with Crippen LogP contribution >= 0.6 is 0 Å². The summed E-state index contributed by atoms with van der Waals surface area (Å²) < 4.78 is 5.66. The average Bonchev–Trinajstić information content (AvgIpc) is 3.26. The molecule has 0 N–H and O–H groups in total. The number of carbonyl (C=O) groups is 4. The molecule has 0 saturated carbocycles. The Morgan fingerprint density at radius 3 is 2.07 bits per heavy atom. The predicted molar refractivity (Wildman–Crippen MR) is 160 cm³/mol. The van der Waals surface area contributed by atoms with Crippen molar-refractivity contribution in [1.29, 1.82) is 0 Å². The molecule has 2 heterocycles. The standard InChI is InChI=1S/C35H26N2O5/c1-20-11-13-24(14-12-20)32(38)22(3)42-35(41)29-19-30(36-31-21(2)7-6-10-26(29)31)23-15-17-25(18-16-23)37-33(39)27-8-4-5-9-28(27)34(37)40/h4-19,22H,1-3H3. The van der Waals surface area contributed by atoms with E-state index >= 15 is 0 Å². The van der Waals surface area contributed by atoms with E-state index < -0.39 is 12.1 Å². The molecule has 6 rings (SSSR count). The van der Waals surface area contributed by atoms with E-state index in [9.17, 15) is 19.2 Å². The number of nitrogens with zero attached hydrogens (tertiary/aromatic N) is 2. The maximum Gasteiger partial charge on any atom is 0.339 e. The van der Waals surface area contributed by atoms with Gasteiger partial charge in [0.15, 0.2) is 6.10 Å². The summed E-state index contributed by atoms with van der Waals surface area (Å²) in [6, 6.07) is 27.9. The van der Waals surface area contributed by atoms with Crippen molar-refractivity contribution in [2.45, 2.75) is 26.9 Å². The number of aromatic nitrogens is 1. The Morgan fingerprint density at radius 1 is 0.786 bits per heavy atom. The molecule has 0 radical (unpaired) electrons. The molecule has 1 atom stereocenters. The molecule has 0 saturated heterocycles. The topological polar surface area (TPSA) is 93.6 Å². The van der Waals surface area contributed by atoms with Crippen molar-refractivity contribution in [2.24, 2.45) is 0 Å². The Hall–Kier alpha value is -5.43. The minimum atomic E-state index is -0.990. The van der Waals surface area contributed by atoms with Gasteiger partial charge in [-0.2, -0.15) is 0 Å². The van der Waals surface area contributed by atoms with Crippen LogP contribution in [0.25, 0.3) is 22.2 Å². The van der Waals surface area contributed by atoms with Crippen molar-refractivity contribution in [2.75, 3.05) is 4.90 Å². The second-order valence-electron chi connectivity index (χ2n) is 10.3. The fourth-order valence-corrected chi connectivity index (χ4v) is 5.14. The van der Waals surface area contributed by atoms with Crippen LogP contribution in [0.15, 0.2) is 97.1 Å². The molecular weight excluding hydrogens is 528 g/mol. The average molecular weight is 555 g/mol. The summed E-state index contributed by atoms with van der Waals surface area (Å²) in [5.74, 6) is -1.67. The third kappa shape index (κ3) is 4.65. The van der Waals surface area contributed by atoms with Crippen molar-refractivity contribution in [3.05, 3.63) is 130 Å². The largest absolute Gasteiger partial charge is 0.451 e. The Labute approximate surface area is 242 Å². The minimum absolute atomic E-state index is 0.284. The first-order valence-corrected chi connectivity index (χ1v) is 13.5. The van der Waals surface area contributed by atoms with Crippen molar-refractivity contribution in [1.82, 2.24) is 4.98 Å². The zero-order valence-electron chi connectivity index (χ0n) is 23.3. The molecule has 0 bridgehead atoms. The van der Waals surface area contributed by atoms with E-state index in [2.05, 4.69) is 0 Å². The molecule has 1 unspecified atom stereocenters. The van der Waals surface area contributed by atoms with Gasteiger partial charge >= 0.3 is 5.97 Å². The van der Waals surface area contributed by atoms with Gasteiger partial charge in [0.05, 0.1) is 33.6 Å². The number of esters is 1. The van der Waals surface area contributed by atoms with Crippen molar-refractivity contribution >= 4 is 40.2 Å². The van der Waals surface area contributed by atoms with Gasteiger partial charge in [-0.25, -0.2) is 14.7 Å². The lowest BCUT2D eigenvalue weighted by Crippen LogP contribution is -2.29. The van der Waals surface area contributed by atoms with Gasteiger partial charge < -0.3 is 4.74 Å². The molecule has 7 heteroatoms. The number of anilines is 1. The van der Waals surface area contributed by atoms with Gasteiger partial charge in [-0.3, -0.25) is 14.4 Å². The van der Waals surface area contributed by atoms with Crippen LogP contribution in [0.3, 0.4) is 0 Å². The Balaban J connectivity index is 1.32. The number of rotatable bonds is 6. The number of ether oxygens (including phenoxy) is 1. The molecule has 7 nitrogen and oxygen atoms in total. The predicted octanol–water partition coefficient (Wildman–Crippen LogP) is 6.75. The third-order valence-corrected chi connectivity index (χ3v) is 7.47. The number of benzene rings is 4. The highest BCUT2D eigenvalue weighted by molar-refractivity contribution is 6.34. The molecule has 0 aliphatic carbocycles. The monoisotopic (exact) mass is 554 g/mol. The molecule has 5 aromatic rings. The molecular formula is C35H26N2O5. The molecule has 206 valence electrons. The van der Waals surface area contributed by atoms with Crippen molar-refractivity contribution < 1.29 is 23.9 Å². The van der Waals surface area contributed by atoms with E-state index in [4.69, 9.17) is 9.72 Å². The Morgan fingerprint density at radius 2 is 1.43 bits per heavy atom. The summed E-state index contributed by atoms with van der Waals surface area (Å²) in [5.41, 5.74) is 5.64. The molecule has 0 fully saturated rings. The summed E-state index contributed by atoms with van der Waals surface area (Å²) in [6.45, 7) is 5.40. The van der Waals surface area contributed by atoms with E-state index in [0.717, 1.165) is 16.0 Å². The summed E-state index contributed by atoms with van der Waals surface area (Å²) in [7, 11) is 0. The molecule has 1 aromatic heterocycles. The smallest absolute Gasteiger partial charge is 0.339 e. The van der Waals surface area contributed by atoms with E-state index in [-0.39, 0.29) is 23.2 Å². The van der Waals surface area contributed by atoms with E-state index in [0.29, 0.717) is 44.5 Å². The zero-order valence-corrected chi connectivity index (χ0v) is 23.3. The first kappa shape index (κ1) is 26.8. The second kappa shape index (κ2) is 10.5. The highest BCUT2D eigenvalue weighted by Gasteiger charge is 2.36. The number of para-hydroxylation sites is 1. The number of hydrogen-bond donors (Lipinski definition) is 0. The number of ketones is 1. The lowest BCUT2D eigenvalue weighted by molar-refractivity contribution is 0.0320. The number of fused-ring (bicyclic) bond motifs is 2. The van der Waals surface area contributed by atoms with Crippen LogP contribution in [0.2, 0.25) is 0 Å². The fourth-order valence-electron chi connectivity index (χ4n) is 5.14. The van der Waals surface area contributed by atoms with Crippen LogP contribution in [-0.2, 0) is 4.74 Å². The Kier molecular flexibility index (Phi) is 6.71. The second-order valence-corrected chi connectivity index (χ2v) is 10.3. The number of imide groups is 1. The molecule has 0 spiro atoms. The minimum Gasteiger partial charge on any atom is -0.451 e. The van der Waals surface area contributed by atoms with Gasteiger partial charge in [-0.05, 0) is 56.7 Å². The summed E-state index contributed by atoms with van der Waals surface area (Å²) in [5, 5.41) is 0.612. The van der Waals surface area contributed by atoms with Crippen LogP contribution in [0.4, 0.5) is 5.69 Å². The molecule has 1 aliphatic heterocycles. The summed E-state index contributed by atoms with van der Waals surface area (Å²) >= 11 is 0. The number of hydrogen-bond acceptors (Lipinski definition) is 6. The van der Waals surface area contributed by atoms with Gasteiger partial charge in [-0.1, -0.05) is 72.3 Å². The number of amides is 2. The Bertz CT molecular complexity index is 1870. The van der Waals surface area contributed by atoms with Gasteiger partial charge in [0.25, 0.3) is 11.8 Å². The van der Waals surface area contributed by atoms with Crippen LogP contribution < -0.4 is 4.90 Å². The van der Waals surface area contributed by atoms with Crippen LogP contribution in [0, 0.1) is 13.8 Å². The van der Waals surface area contributed by atoms with Crippen LogP contribution in [0.1, 0.15) is 59.5 Å². The van der Waals surface area contributed by atoms with Crippen molar-refractivity contribution in [3.63, 3.8) is 0 Å². The zero-order chi connectivity index (χ0) is 29.5. The fraction of sp³-hybridized carbons (Fsp3) is 0.114. The number of carbonyl (C=O) groups excluding carboxylic acids is 4. The number of aryl methyl sites for hydroxylation is 2. The number of Topliss-reactive ketones (excluding diaryl/α,β-unsaturated/α-hetero) is 1. The van der Waals surface area contributed by atoms with Crippen LogP contribution in [0.5, 0.6) is 0 Å². The number of pyridine rings is 1. The first-order chi connectivity index (χ1) is 20.2. The maximum atomic E-state index is 13.5. The van der Waals surface area contributed by atoms with E-state index in [1.807, 2.05) is 38.1 Å². The van der Waals surface area contributed by atoms with Crippen molar-refractivity contribution in [3.8, 4) is 11.3 Å². The van der Waals surface area contributed by atoms with Gasteiger partial charge in [-0.15, -0.1) is 0 Å². The highest BCUT2D eigenvalue weighted by atomic mass is 16.5. The van der Waals surface area contributed by atoms with E-state index in [1.54, 1.807) is 79.7 Å². The third-order valence-electron chi connectivity index (χ3n) is 7.47. The highest BCUT2D eigenvalue weighted by Crippen LogP contribution is 2.32.